The summed E-state index contributed by atoms with van der Waals surface area (Å²) in [6.45, 7) is 3.12. The molecule has 2 aliphatic heterocycles. The number of hydrogen-bond donors (Lipinski definition) is 0. The molecule has 2 heterocycles. The lowest BCUT2D eigenvalue weighted by atomic mass is 9.96. The van der Waals surface area contributed by atoms with E-state index in [0.29, 0.717) is 24.7 Å². The van der Waals surface area contributed by atoms with Crippen LogP contribution in [0.5, 0.6) is 0 Å². The summed E-state index contributed by atoms with van der Waals surface area (Å²) >= 11 is 0. The maximum absolute atomic E-state index is 12.6. The van der Waals surface area contributed by atoms with E-state index in [9.17, 15) is 18.0 Å². The number of halogens is 3. The Hall–Kier alpha value is -2.34. The lowest BCUT2D eigenvalue weighted by molar-refractivity contribution is -0.137. The van der Waals surface area contributed by atoms with Crippen LogP contribution in [0, 0.1) is 0 Å². The largest absolute Gasteiger partial charge is 0.416 e. The summed E-state index contributed by atoms with van der Waals surface area (Å²) in [5.74, 6) is -0.201. The van der Waals surface area contributed by atoms with Crippen molar-refractivity contribution < 1.29 is 18.0 Å². The molecule has 26 heavy (non-hydrogen) atoms. The Kier molecular flexibility index (Phi) is 4.23. The van der Waals surface area contributed by atoms with E-state index in [0.717, 1.165) is 31.6 Å². The van der Waals surface area contributed by atoms with E-state index in [1.807, 2.05) is 6.07 Å². The van der Waals surface area contributed by atoms with E-state index in [1.54, 1.807) is 4.90 Å². The fraction of sp³-hybridized carbons (Fsp3) is 0.350. The van der Waals surface area contributed by atoms with Crippen molar-refractivity contribution in [3.8, 4) is 0 Å². The summed E-state index contributed by atoms with van der Waals surface area (Å²) in [6.07, 6.45) is -3.37. The van der Waals surface area contributed by atoms with Crippen molar-refractivity contribution in [3.05, 3.63) is 70.8 Å². The molecule has 6 heteroatoms. The van der Waals surface area contributed by atoms with Gasteiger partial charge < -0.3 is 4.90 Å². The number of rotatable bonds is 2. The molecular weight excluding hydrogens is 341 g/mol. The fourth-order valence-electron chi connectivity index (χ4n) is 3.67. The number of nitrogens with zero attached hydrogens (tertiary/aromatic N) is 2. The molecule has 0 aromatic heterocycles. The Balaban J connectivity index is 1.35. The number of hydrogen-bond acceptors (Lipinski definition) is 2. The zero-order chi connectivity index (χ0) is 18.3. The molecule has 2 aromatic carbocycles. The molecule has 0 N–H and O–H groups in total. The molecule has 0 aliphatic carbocycles. The van der Waals surface area contributed by atoms with Crippen molar-refractivity contribution in [2.45, 2.75) is 25.2 Å². The first-order valence-corrected chi connectivity index (χ1v) is 8.69. The van der Waals surface area contributed by atoms with Crippen molar-refractivity contribution in [2.24, 2.45) is 0 Å². The number of carbonyl (C=O) groups excluding carboxylic acids is 1. The van der Waals surface area contributed by atoms with Crippen LogP contribution in [0.3, 0.4) is 0 Å². The van der Waals surface area contributed by atoms with Gasteiger partial charge in [-0.15, -0.1) is 0 Å². The summed E-state index contributed by atoms with van der Waals surface area (Å²) in [4.78, 5) is 16.5. The standard InChI is InChI=1S/C20H19F3N2O/c21-20(22,23)17-7-5-15(6-8-17)19(26)25-12-18(13-25)24-10-9-14-3-1-2-4-16(14)11-24/h1-8,18H,9-13H2. The number of benzene rings is 2. The molecule has 2 aromatic rings. The highest BCUT2D eigenvalue weighted by molar-refractivity contribution is 5.94. The average molecular weight is 360 g/mol. The summed E-state index contributed by atoms with van der Waals surface area (Å²) in [6, 6.07) is 13.2. The third-order valence-corrected chi connectivity index (χ3v) is 5.29. The van der Waals surface area contributed by atoms with E-state index >= 15 is 0 Å². The Labute approximate surface area is 150 Å². The van der Waals surface area contributed by atoms with Crippen LogP contribution in [-0.4, -0.2) is 41.4 Å². The maximum atomic E-state index is 12.6. The molecule has 4 rings (SSSR count). The van der Waals surface area contributed by atoms with Gasteiger partial charge in [-0.1, -0.05) is 24.3 Å². The van der Waals surface area contributed by atoms with Gasteiger partial charge in [0.05, 0.1) is 5.56 Å². The number of carbonyl (C=O) groups is 1. The minimum Gasteiger partial charge on any atom is -0.335 e. The van der Waals surface area contributed by atoms with Gasteiger partial charge in [0.25, 0.3) is 5.91 Å². The normalized spacial score (nSPS) is 18.3. The molecule has 2 aliphatic rings. The Morgan fingerprint density at radius 3 is 2.27 bits per heavy atom. The van der Waals surface area contributed by atoms with Crippen LogP contribution >= 0.6 is 0 Å². The van der Waals surface area contributed by atoms with Gasteiger partial charge in [-0.3, -0.25) is 9.69 Å². The van der Waals surface area contributed by atoms with Gasteiger partial charge in [0.1, 0.15) is 0 Å². The molecule has 0 bridgehead atoms. The Morgan fingerprint density at radius 1 is 0.962 bits per heavy atom. The minimum absolute atomic E-state index is 0.201. The van der Waals surface area contributed by atoms with Gasteiger partial charge in [0.15, 0.2) is 0 Å². The second-order valence-corrected chi connectivity index (χ2v) is 6.93. The first-order valence-electron chi connectivity index (χ1n) is 8.69. The number of alkyl halides is 3. The number of likely N-dealkylation sites (tertiary alicyclic amines) is 1. The van der Waals surface area contributed by atoms with Gasteiger partial charge in [0.2, 0.25) is 0 Å². The minimum atomic E-state index is -4.38. The summed E-state index contributed by atoms with van der Waals surface area (Å²) < 4.78 is 37.9. The van der Waals surface area contributed by atoms with Crippen LogP contribution in [0.25, 0.3) is 0 Å². The summed E-state index contributed by atoms with van der Waals surface area (Å²) in [5.41, 5.74) is 2.30. The van der Waals surface area contributed by atoms with E-state index in [4.69, 9.17) is 0 Å². The molecule has 0 spiro atoms. The SMILES string of the molecule is O=C(c1ccc(C(F)(F)F)cc1)N1CC(N2CCc3ccccc3C2)C1. The maximum Gasteiger partial charge on any atom is 0.416 e. The van der Waals surface area contributed by atoms with Crippen molar-refractivity contribution in [3.63, 3.8) is 0 Å². The highest BCUT2D eigenvalue weighted by atomic mass is 19.4. The van der Waals surface area contributed by atoms with Crippen molar-refractivity contribution in [2.75, 3.05) is 19.6 Å². The predicted molar refractivity (Wildman–Crippen MR) is 91.7 cm³/mol. The van der Waals surface area contributed by atoms with Crippen LogP contribution in [-0.2, 0) is 19.1 Å². The third-order valence-electron chi connectivity index (χ3n) is 5.29. The molecule has 0 saturated carbocycles. The molecule has 1 saturated heterocycles. The van der Waals surface area contributed by atoms with Crippen molar-refractivity contribution in [1.29, 1.82) is 0 Å². The third kappa shape index (κ3) is 3.21. The van der Waals surface area contributed by atoms with E-state index in [1.165, 1.54) is 23.3 Å². The zero-order valence-corrected chi connectivity index (χ0v) is 14.2. The second-order valence-electron chi connectivity index (χ2n) is 6.93. The van der Waals surface area contributed by atoms with Crippen LogP contribution in [0.15, 0.2) is 48.5 Å². The lowest BCUT2D eigenvalue weighted by Gasteiger charge is -2.47. The first-order chi connectivity index (χ1) is 12.4. The molecule has 3 nitrogen and oxygen atoms in total. The molecule has 0 radical (unpaired) electrons. The highest BCUT2D eigenvalue weighted by Crippen LogP contribution is 2.30. The Morgan fingerprint density at radius 2 is 1.62 bits per heavy atom. The summed E-state index contributed by atoms with van der Waals surface area (Å²) in [5, 5.41) is 0. The molecular formula is C20H19F3N2O. The predicted octanol–water partition coefficient (Wildman–Crippen LogP) is 3.59. The van der Waals surface area contributed by atoms with Gasteiger partial charge >= 0.3 is 6.18 Å². The van der Waals surface area contributed by atoms with Crippen LogP contribution in [0.2, 0.25) is 0 Å². The molecule has 1 amide bonds. The first kappa shape index (κ1) is 17.1. The Bertz CT molecular complexity index is 811. The topological polar surface area (TPSA) is 23.6 Å². The number of amides is 1. The molecule has 136 valence electrons. The van der Waals surface area contributed by atoms with Gasteiger partial charge in [0, 0.05) is 37.8 Å². The quantitative estimate of drug-likeness (QED) is 0.817. The molecule has 1 fully saturated rings. The van der Waals surface area contributed by atoms with Gasteiger partial charge in [-0.25, -0.2) is 0 Å². The van der Waals surface area contributed by atoms with E-state index < -0.39 is 11.7 Å². The average Bonchev–Trinajstić information content (AvgIpc) is 2.59. The lowest BCUT2D eigenvalue weighted by Crippen LogP contribution is -2.61. The molecule has 0 unspecified atom stereocenters. The fourth-order valence-corrected chi connectivity index (χ4v) is 3.67. The monoisotopic (exact) mass is 360 g/mol. The number of fused-ring (bicyclic) bond motifs is 1. The smallest absolute Gasteiger partial charge is 0.335 e. The van der Waals surface area contributed by atoms with Crippen LogP contribution in [0.4, 0.5) is 13.2 Å². The highest BCUT2D eigenvalue weighted by Gasteiger charge is 2.36. The van der Waals surface area contributed by atoms with Crippen molar-refractivity contribution in [1.82, 2.24) is 9.80 Å². The van der Waals surface area contributed by atoms with Crippen LogP contribution in [0.1, 0.15) is 27.0 Å². The van der Waals surface area contributed by atoms with Crippen molar-refractivity contribution >= 4 is 5.91 Å². The van der Waals surface area contributed by atoms with E-state index in [2.05, 4.69) is 23.1 Å². The molecule has 0 atom stereocenters. The van der Waals surface area contributed by atoms with Gasteiger partial charge in [-0.05, 0) is 41.8 Å². The van der Waals surface area contributed by atoms with Crippen LogP contribution < -0.4 is 0 Å². The van der Waals surface area contributed by atoms with E-state index in [-0.39, 0.29) is 5.91 Å². The van der Waals surface area contributed by atoms with Gasteiger partial charge in [-0.2, -0.15) is 13.2 Å². The second kappa shape index (κ2) is 6.43. The zero-order valence-electron chi connectivity index (χ0n) is 14.2. The summed E-state index contributed by atoms with van der Waals surface area (Å²) in [7, 11) is 0.